The number of methoxy groups -OCH3 is 1. The van der Waals surface area contributed by atoms with Crippen molar-refractivity contribution in [2.24, 2.45) is 0 Å². The number of phenols is 1. The van der Waals surface area contributed by atoms with Crippen LogP contribution in [0.25, 0.3) is 0 Å². The molecular weight excluding hydrogens is 242 g/mol. The predicted octanol–water partition coefficient (Wildman–Crippen LogP) is 2.08. The molecule has 0 aliphatic heterocycles. The molecule has 0 saturated heterocycles. The molecule has 0 aliphatic rings. The quantitative estimate of drug-likeness (QED) is 0.668. The van der Waals surface area contributed by atoms with Gasteiger partial charge in [-0.05, 0) is 12.1 Å². The van der Waals surface area contributed by atoms with Crippen molar-refractivity contribution < 1.29 is 19.4 Å². The van der Waals surface area contributed by atoms with Crippen molar-refractivity contribution in [3.63, 3.8) is 0 Å². The summed E-state index contributed by atoms with van der Waals surface area (Å²) in [7, 11) is 1.44. The number of hydrogen-bond acceptors (Lipinski definition) is 6. The van der Waals surface area contributed by atoms with Gasteiger partial charge in [0.1, 0.15) is 5.75 Å². The largest absolute Gasteiger partial charge is 0.504 e. The number of phenolic OH excluding ortho intramolecular Hbond substituents is 1. The van der Waals surface area contributed by atoms with Crippen molar-refractivity contribution in [1.82, 2.24) is 4.98 Å². The Morgan fingerprint density at radius 3 is 2.88 bits per heavy atom. The lowest BCUT2D eigenvalue weighted by Crippen LogP contribution is -2.07. The lowest BCUT2D eigenvalue weighted by Gasteiger charge is -2.05. The maximum absolute atomic E-state index is 11.6. The Hall–Kier alpha value is -2.08. The van der Waals surface area contributed by atoms with Crippen molar-refractivity contribution in [2.75, 3.05) is 7.11 Å². The number of ether oxygens (including phenoxy) is 2. The van der Waals surface area contributed by atoms with Gasteiger partial charge in [-0.1, -0.05) is 0 Å². The first-order valence-corrected chi connectivity index (χ1v) is 5.57. The van der Waals surface area contributed by atoms with Crippen LogP contribution >= 0.6 is 11.3 Å². The molecule has 0 radical (unpaired) electrons. The molecule has 5 nitrogen and oxygen atoms in total. The van der Waals surface area contributed by atoms with E-state index < -0.39 is 5.97 Å². The first kappa shape index (κ1) is 11.4. The molecule has 1 aromatic carbocycles. The van der Waals surface area contributed by atoms with Crippen LogP contribution in [0.15, 0.2) is 29.8 Å². The molecule has 1 heterocycles. The van der Waals surface area contributed by atoms with Crippen LogP contribution in [0.4, 0.5) is 0 Å². The van der Waals surface area contributed by atoms with Crippen molar-refractivity contribution >= 4 is 17.3 Å². The van der Waals surface area contributed by atoms with E-state index in [9.17, 15) is 9.90 Å². The number of nitrogens with zero attached hydrogens (tertiary/aromatic N) is 1. The minimum Gasteiger partial charge on any atom is -0.504 e. The van der Waals surface area contributed by atoms with E-state index in [4.69, 9.17) is 9.47 Å². The Morgan fingerprint density at radius 2 is 2.29 bits per heavy atom. The highest BCUT2D eigenvalue weighted by Crippen LogP contribution is 2.30. The van der Waals surface area contributed by atoms with Crippen LogP contribution in [0.2, 0.25) is 0 Å². The van der Waals surface area contributed by atoms with Gasteiger partial charge in [0.25, 0.3) is 0 Å². The molecule has 17 heavy (non-hydrogen) atoms. The molecule has 0 aliphatic carbocycles. The maximum atomic E-state index is 11.6. The summed E-state index contributed by atoms with van der Waals surface area (Å²) >= 11 is 1.19. The summed E-state index contributed by atoms with van der Waals surface area (Å²) in [5.41, 5.74) is 0. The van der Waals surface area contributed by atoms with Gasteiger partial charge >= 0.3 is 5.97 Å². The Morgan fingerprint density at radius 1 is 1.47 bits per heavy atom. The summed E-state index contributed by atoms with van der Waals surface area (Å²) in [4.78, 5) is 15.4. The van der Waals surface area contributed by atoms with E-state index in [0.29, 0.717) is 5.75 Å². The third-order valence-electron chi connectivity index (χ3n) is 1.97. The molecule has 0 fully saturated rings. The summed E-state index contributed by atoms with van der Waals surface area (Å²) in [5.74, 6) is -0.0796. The summed E-state index contributed by atoms with van der Waals surface area (Å²) < 4.78 is 9.91. The summed E-state index contributed by atoms with van der Waals surface area (Å²) in [6.45, 7) is 0. The van der Waals surface area contributed by atoms with Gasteiger partial charge < -0.3 is 14.6 Å². The lowest BCUT2D eigenvalue weighted by atomic mass is 10.3. The fraction of sp³-hybridized carbons (Fsp3) is 0.0909. The molecule has 6 heteroatoms. The third kappa shape index (κ3) is 2.54. The van der Waals surface area contributed by atoms with Gasteiger partial charge in [0, 0.05) is 17.6 Å². The maximum Gasteiger partial charge on any atom is 0.372 e. The van der Waals surface area contributed by atoms with Gasteiger partial charge in [-0.3, -0.25) is 0 Å². The van der Waals surface area contributed by atoms with Crippen molar-refractivity contribution in [3.05, 3.63) is 34.8 Å². The average molecular weight is 251 g/mol. The minimum atomic E-state index is -0.551. The van der Waals surface area contributed by atoms with E-state index in [1.54, 1.807) is 5.38 Å². The molecular formula is C11H9NO4S. The highest BCUT2D eigenvalue weighted by atomic mass is 32.1. The number of benzene rings is 1. The Bertz CT molecular complexity index is 524. The molecule has 1 aromatic heterocycles. The topological polar surface area (TPSA) is 68.7 Å². The molecule has 1 N–H and O–H groups in total. The molecule has 0 amide bonds. The molecule has 2 rings (SSSR count). The third-order valence-corrected chi connectivity index (χ3v) is 2.72. The van der Waals surface area contributed by atoms with Gasteiger partial charge in [0.05, 0.1) is 7.11 Å². The lowest BCUT2D eigenvalue weighted by molar-refractivity contribution is 0.0734. The molecule has 0 spiro atoms. The number of hydrogen-bond donors (Lipinski definition) is 1. The highest BCUT2D eigenvalue weighted by molar-refractivity contribution is 7.11. The van der Waals surface area contributed by atoms with Gasteiger partial charge in [0.2, 0.25) is 5.01 Å². The molecule has 0 atom stereocenters. The Kier molecular flexibility index (Phi) is 3.24. The summed E-state index contributed by atoms with van der Waals surface area (Å²) in [6, 6.07) is 4.36. The summed E-state index contributed by atoms with van der Waals surface area (Å²) in [6.07, 6.45) is 1.52. The second kappa shape index (κ2) is 4.84. The monoisotopic (exact) mass is 251 g/mol. The van der Waals surface area contributed by atoms with E-state index in [1.165, 1.54) is 42.8 Å². The van der Waals surface area contributed by atoms with E-state index in [0.717, 1.165) is 0 Å². The molecule has 88 valence electrons. The zero-order chi connectivity index (χ0) is 12.3. The normalized spacial score (nSPS) is 9.94. The Labute approximate surface area is 101 Å². The van der Waals surface area contributed by atoms with Crippen LogP contribution in [0.1, 0.15) is 9.80 Å². The van der Waals surface area contributed by atoms with Gasteiger partial charge in [-0.15, -0.1) is 11.3 Å². The fourth-order valence-electron chi connectivity index (χ4n) is 1.21. The number of rotatable bonds is 3. The van der Waals surface area contributed by atoms with E-state index >= 15 is 0 Å². The number of aromatic nitrogens is 1. The van der Waals surface area contributed by atoms with Crippen molar-refractivity contribution in [1.29, 1.82) is 0 Å². The van der Waals surface area contributed by atoms with Crippen LogP contribution in [-0.4, -0.2) is 23.2 Å². The first-order chi connectivity index (χ1) is 8.20. The van der Waals surface area contributed by atoms with Crippen LogP contribution < -0.4 is 9.47 Å². The van der Waals surface area contributed by atoms with Gasteiger partial charge in [0.15, 0.2) is 11.5 Å². The smallest absolute Gasteiger partial charge is 0.372 e. The number of thiazole rings is 1. The number of carbonyl (C=O) groups is 1. The number of esters is 1. The van der Waals surface area contributed by atoms with E-state index in [1.807, 2.05) is 0 Å². The first-order valence-electron chi connectivity index (χ1n) is 4.69. The van der Waals surface area contributed by atoms with E-state index in [-0.39, 0.29) is 16.5 Å². The number of carbonyl (C=O) groups excluding carboxylic acids is 1. The molecule has 0 saturated carbocycles. The van der Waals surface area contributed by atoms with Crippen LogP contribution in [-0.2, 0) is 0 Å². The van der Waals surface area contributed by atoms with Crippen LogP contribution in [0.5, 0.6) is 17.2 Å². The van der Waals surface area contributed by atoms with Gasteiger partial charge in [-0.2, -0.15) is 0 Å². The fourth-order valence-corrected chi connectivity index (χ4v) is 1.72. The summed E-state index contributed by atoms with van der Waals surface area (Å²) in [5, 5.41) is 11.5. The zero-order valence-electron chi connectivity index (χ0n) is 8.91. The van der Waals surface area contributed by atoms with Gasteiger partial charge in [-0.25, -0.2) is 9.78 Å². The highest BCUT2D eigenvalue weighted by Gasteiger charge is 2.12. The standard InChI is InChI=1S/C11H9NO4S/c1-15-9-3-2-7(6-8(9)13)16-11(14)10-12-4-5-17-10/h2-6,13H,1H3. The van der Waals surface area contributed by atoms with Crippen molar-refractivity contribution in [3.8, 4) is 17.2 Å². The molecule has 0 bridgehead atoms. The molecule has 2 aromatic rings. The second-order valence-electron chi connectivity index (χ2n) is 3.06. The molecule has 0 unspecified atom stereocenters. The van der Waals surface area contributed by atoms with Crippen LogP contribution in [0, 0.1) is 0 Å². The van der Waals surface area contributed by atoms with Crippen molar-refractivity contribution in [2.45, 2.75) is 0 Å². The SMILES string of the molecule is COc1ccc(OC(=O)c2nccs2)cc1O. The van der Waals surface area contributed by atoms with Crippen LogP contribution in [0.3, 0.4) is 0 Å². The number of aromatic hydroxyl groups is 1. The second-order valence-corrected chi connectivity index (χ2v) is 3.95. The minimum absolute atomic E-state index is 0.0862. The zero-order valence-corrected chi connectivity index (χ0v) is 9.73. The Balaban J connectivity index is 2.14. The predicted molar refractivity (Wildman–Crippen MR) is 61.7 cm³/mol. The average Bonchev–Trinajstić information content (AvgIpc) is 2.82. The van der Waals surface area contributed by atoms with E-state index in [2.05, 4.69) is 4.98 Å².